The van der Waals surface area contributed by atoms with Gasteiger partial charge in [0.2, 0.25) is 11.9 Å². The Morgan fingerprint density at radius 3 is 2.37 bits per heavy atom. The number of amides is 2. The Labute approximate surface area is 112 Å². The summed E-state index contributed by atoms with van der Waals surface area (Å²) in [7, 11) is 4.95. The average molecular weight is 265 g/mol. The minimum Gasteiger partial charge on any atom is -0.348 e. The van der Waals surface area contributed by atoms with Gasteiger partial charge in [0, 0.05) is 27.1 Å². The van der Waals surface area contributed by atoms with E-state index in [4.69, 9.17) is 0 Å². The lowest BCUT2D eigenvalue weighted by Gasteiger charge is -2.31. The molecule has 2 rings (SSSR count). The molecular formula is C13H19N3O3. The summed E-state index contributed by atoms with van der Waals surface area (Å²) < 4.78 is 0. The van der Waals surface area contributed by atoms with Gasteiger partial charge in [-0.25, -0.2) is 0 Å². The minimum absolute atomic E-state index is 0.151. The Balaban J connectivity index is 2.25. The maximum absolute atomic E-state index is 12.3. The maximum atomic E-state index is 12.3. The van der Waals surface area contributed by atoms with Gasteiger partial charge in [-0.1, -0.05) is 12.8 Å². The van der Waals surface area contributed by atoms with Gasteiger partial charge in [-0.3, -0.25) is 19.3 Å². The summed E-state index contributed by atoms with van der Waals surface area (Å²) in [5.74, 6) is -2.42. The highest BCUT2D eigenvalue weighted by Gasteiger charge is 2.44. The molecule has 1 heterocycles. The number of carbonyl (C=O) groups excluding carboxylic acids is 3. The smallest absolute Gasteiger partial charge is 0.269 e. The molecule has 1 saturated carbocycles. The van der Waals surface area contributed by atoms with Crippen LogP contribution in [-0.2, 0) is 14.4 Å². The number of carbonyl (C=O) groups is 3. The maximum Gasteiger partial charge on any atom is 0.269 e. The van der Waals surface area contributed by atoms with Gasteiger partial charge in [0.05, 0.1) is 0 Å². The van der Waals surface area contributed by atoms with Gasteiger partial charge in [-0.05, 0) is 12.8 Å². The second kappa shape index (κ2) is 5.11. The lowest BCUT2D eigenvalue weighted by molar-refractivity contribution is -0.146. The quantitative estimate of drug-likeness (QED) is 0.672. The van der Waals surface area contributed by atoms with Gasteiger partial charge in [-0.15, -0.1) is 0 Å². The van der Waals surface area contributed by atoms with Crippen LogP contribution in [0.4, 0.5) is 0 Å². The standard InChI is InChI=1S/C13H19N3O3/c1-15(2)13-14-11(18)9(12(19)16(13)3)10(17)8-6-4-5-7-8/h8-9H,4-7H2,1-3H3. The number of hydrogen-bond donors (Lipinski definition) is 0. The van der Waals surface area contributed by atoms with E-state index in [0.29, 0.717) is 0 Å². The lowest BCUT2D eigenvalue weighted by Crippen LogP contribution is -2.53. The minimum atomic E-state index is -1.23. The van der Waals surface area contributed by atoms with E-state index in [0.717, 1.165) is 25.7 Å². The molecule has 1 atom stereocenters. The van der Waals surface area contributed by atoms with Crippen LogP contribution in [0.5, 0.6) is 0 Å². The molecule has 0 aromatic carbocycles. The summed E-state index contributed by atoms with van der Waals surface area (Å²) in [6, 6.07) is 0. The summed E-state index contributed by atoms with van der Waals surface area (Å²) in [5, 5.41) is 0. The van der Waals surface area contributed by atoms with Gasteiger partial charge in [0.15, 0.2) is 11.7 Å². The molecule has 6 nitrogen and oxygen atoms in total. The van der Waals surface area contributed by atoms with Gasteiger partial charge in [0.1, 0.15) is 0 Å². The summed E-state index contributed by atoms with van der Waals surface area (Å²) in [5.41, 5.74) is 0. The summed E-state index contributed by atoms with van der Waals surface area (Å²) >= 11 is 0. The van der Waals surface area contributed by atoms with Crippen molar-refractivity contribution in [1.82, 2.24) is 9.80 Å². The second-order valence-corrected chi connectivity index (χ2v) is 5.36. The van der Waals surface area contributed by atoms with E-state index in [-0.39, 0.29) is 17.7 Å². The van der Waals surface area contributed by atoms with E-state index in [1.807, 2.05) is 0 Å². The van der Waals surface area contributed by atoms with Crippen LogP contribution in [0.1, 0.15) is 25.7 Å². The Hall–Kier alpha value is -1.72. The van der Waals surface area contributed by atoms with E-state index < -0.39 is 17.7 Å². The monoisotopic (exact) mass is 265 g/mol. The first-order valence-electron chi connectivity index (χ1n) is 6.54. The molecule has 1 aliphatic heterocycles. The summed E-state index contributed by atoms with van der Waals surface area (Å²) in [6.45, 7) is 0. The van der Waals surface area contributed by atoms with Crippen molar-refractivity contribution in [2.45, 2.75) is 25.7 Å². The molecule has 0 spiro atoms. The van der Waals surface area contributed by atoms with Crippen LogP contribution in [0.2, 0.25) is 0 Å². The number of aliphatic imine (C=N–C) groups is 1. The fraction of sp³-hybridized carbons (Fsp3) is 0.692. The summed E-state index contributed by atoms with van der Waals surface area (Å²) in [4.78, 5) is 43.3. The SMILES string of the molecule is CN(C)C1=NC(=O)C(C(=O)C2CCCC2)C(=O)N1C. The predicted octanol–water partition coefficient (Wildman–Crippen LogP) is 0.278. The molecule has 1 fully saturated rings. The molecule has 0 aromatic rings. The molecule has 0 aromatic heterocycles. The van der Waals surface area contributed by atoms with Gasteiger partial charge in [-0.2, -0.15) is 4.99 Å². The lowest BCUT2D eigenvalue weighted by atomic mass is 9.89. The molecule has 6 heteroatoms. The molecule has 0 saturated heterocycles. The largest absolute Gasteiger partial charge is 0.348 e. The zero-order valence-corrected chi connectivity index (χ0v) is 11.5. The highest BCUT2D eigenvalue weighted by Crippen LogP contribution is 2.29. The molecule has 0 N–H and O–H groups in total. The third-order valence-electron chi connectivity index (χ3n) is 3.78. The van der Waals surface area contributed by atoms with Crippen molar-refractivity contribution in [3.05, 3.63) is 0 Å². The first kappa shape index (κ1) is 13.7. The normalized spacial score (nSPS) is 24.7. The number of hydrogen-bond acceptors (Lipinski definition) is 4. The third-order valence-corrected chi connectivity index (χ3v) is 3.78. The van der Waals surface area contributed by atoms with Crippen LogP contribution in [0.3, 0.4) is 0 Å². The molecule has 19 heavy (non-hydrogen) atoms. The topological polar surface area (TPSA) is 70.0 Å². The number of rotatable bonds is 2. The van der Waals surface area contributed by atoms with E-state index in [9.17, 15) is 14.4 Å². The van der Waals surface area contributed by atoms with E-state index in [1.165, 1.54) is 4.90 Å². The van der Waals surface area contributed by atoms with E-state index >= 15 is 0 Å². The van der Waals surface area contributed by atoms with Crippen molar-refractivity contribution in [2.24, 2.45) is 16.8 Å². The molecule has 2 amide bonds. The molecule has 0 radical (unpaired) electrons. The van der Waals surface area contributed by atoms with Crippen LogP contribution in [0.15, 0.2) is 4.99 Å². The van der Waals surface area contributed by atoms with Gasteiger partial charge < -0.3 is 4.90 Å². The number of Topliss-reactive ketones (excluding diaryl/α,β-unsaturated/α-hetero) is 1. The fourth-order valence-corrected chi connectivity index (χ4v) is 2.73. The van der Waals surface area contributed by atoms with Crippen molar-refractivity contribution in [3.8, 4) is 0 Å². The molecule has 0 bridgehead atoms. The van der Waals surface area contributed by atoms with Gasteiger partial charge in [0.25, 0.3) is 5.91 Å². The van der Waals surface area contributed by atoms with E-state index in [2.05, 4.69) is 4.99 Å². The van der Waals surface area contributed by atoms with E-state index in [1.54, 1.807) is 26.0 Å². The Morgan fingerprint density at radius 1 is 1.26 bits per heavy atom. The first-order valence-corrected chi connectivity index (χ1v) is 6.54. The zero-order valence-electron chi connectivity index (χ0n) is 11.5. The highest BCUT2D eigenvalue weighted by atomic mass is 16.2. The molecule has 1 unspecified atom stereocenters. The van der Waals surface area contributed by atoms with Crippen molar-refractivity contribution in [2.75, 3.05) is 21.1 Å². The van der Waals surface area contributed by atoms with Crippen LogP contribution in [0.25, 0.3) is 0 Å². The van der Waals surface area contributed by atoms with Crippen LogP contribution in [0, 0.1) is 11.8 Å². The second-order valence-electron chi connectivity index (χ2n) is 5.36. The summed E-state index contributed by atoms with van der Waals surface area (Å²) in [6.07, 6.45) is 3.55. The fourth-order valence-electron chi connectivity index (χ4n) is 2.73. The van der Waals surface area contributed by atoms with Crippen molar-refractivity contribution in [3.63, 3.8) is 0 Å². The van der Waals surface area contributed by atoms with Crippen molar-refractivity contribution in [1.29, 1.82) is 0 Å². The zero-order chi connectivity index (χ0) is 14.2. The Bertz CT molecular complexity index is 450. The van der Waals surface area contributed by atoms with Crippen molar-refractivity contribution >= 4 is 23.6 Å². The highest BCUT2D eigenvalue weighted by molar-refractivity contribution is 6.25. The number of nitrogens with zero attached hydrogens (tertiary/aromatic N) is 3. The third kappa shape index (κ3) is 2.39. The molecule has 1 aliphatic carbocycles. The Morgan fingerprint density at radius 2 is 1.84 bits per heavy atom. The predicted molar refractivity (Wildman–Crippen MR) is 69.4 cm³/mol. The van der Waals surface area contributed by atoms with Gasteiger partial charge >= 0.3 is 0 Å². The van der Waals surface area contributed by atoms with Crippen LogP contribution >= 0.6 is 0 Å². The molecular weight excluding hydrogens is 246 g/mol. The van der Waals surface area contributed by atoms with Crippen LogP contribution < -0.4 is 0 Å². The number of ketones is 1. The average Bonchev–Trinajstić information content (AvgIpc) is 2.87. The Kier molecular flexibility index (Phi) is 3.68. The van der Waals surface area contributed by atoms with Crippen molar-refractivity contribution < 1.29 is 14.4 Å². The first-order chi connectivity index (χ1) is 8.93. The molecule has 2 aliphatic rings. The number of guanidine groups is 1. The van der Waals surface area contributed by atoms with Crippen LogP contribution in [-0.4, -0.2) is 54.5 Å². The molecule has 104 valence electrons.